The number of imidazole rings is 1. The number of aromatic nitrogens is 2. The molecule has 3 atom stereocenters. The lowest BCUT2D eigenvalue weighted by molar-refractivity contribution is -0.134. The summed E-state index contributed by atoms with van der Waals surface area (Å²) in [5, 5.41) is 21.0. The van der Waals surface area contributed by atoms with Crippen LogP contribution in [-0.2, 0) is 32.0 Å². The van der Waals surface area contributed by atoms with Gasteiger partial charge in [-0.25, -0.2) is 4.98 Å². The molecule has 2 aromatic rings. The number of nitrogens with two attached hydrogens (primary N) is 1. The van der Waals surface area contributed by atoms with Crippen molar-refractivity contribution in [1.29, 1.82) is 0 Å². The highest BCUT2D eigenvalue weighted by molar-refractivity contribution is 5.94. The highest BCUT2D eigenvalue weighted by Gasteiger charge is 2.30. The SMILES string of the molecule is NCCCC[C@H](NC(=O)CCc1ccccc1)C(=O)N[C@@H](Cc1cnc[nH]1)C(=O)N[C@@H](CO)C(=O)NC1CCCCC1. The van der Waals surface area contributed by atoms with Crippen molar-refractivity contribution >= 4 is 23.6 Å². The Labute approximate surface area is 247 Å². The first kappa shape index (κ1) is 32.7. The number of aromatic amines is 1. The minimum absolute atomic E-state index is 0.0116. The molecular weight excluding hydrogens is 538 g/mol. The molecule has 1 aliphatic rings. The number of benzene rings is 1. The molecule has 1 saturated carbocycles. The number of H-pyrrole nitrogens is 1. The summed E-state index contributed by atoms with van der Waals surface area (Å²) in [6.07, 6.45) is 10.3. The van der Waals surface area contributed by atoms with E-state index in [2.05, 4.69) is 31.2 Å². The third kappa shape index (κ3) is 11.2. The summed E-state index contributed by atoms with van der Waals surface area (Å²) in [5.74, 6) is -1.89. The maximum atomic E-state index is 13.5. The second-order valence-electron chi connectivity index (χ2n) is 10.8. The molecule has 8 N–H and O–H groups in total. The molecule has 0 saturated heterocycles. The number of amides is 4. The van der Waals surface area contributed by atoms with E-state index in [9.17, 15) is 24.3 Å². The molecule has 42 heavy (non-hydrogen) atoms. The number of aryl methyl sites for hydroxylation is 1. The van der Waals surface area contributed by atoms with Gasteiger partial charge in [0, 0.05) is 30.8 Å². The van der Waals surface area contributed by atoms with E-state index in [4.69, 9.17) is 5.73 Å². The van der Waals surface area contributed by atoms with E-state index in [1.165, 1.54) is 12.5 Å². The molecule has 12 heteroatoms. The van der Waals surface area contributed by atoms with Gasteiger partial charge in [-0.2, -0.15) is 0 Å². The third-order valence-electron chi connectivity index (χ3n) is 7.46. The van der Waals surface area contributed by atoms with Crippen LogP contribution < -0.4 is 27.0 Å². The molecule has 3 rings (SSSR count). The quantitative estimate of drug-likeness (QED) is 0.133. The van der Waals surface area contributed by atoms with Crippen LogP contribution in [0.4, 0.5) is 0 Å². The van der Waals surface area contributed by atoms with Gasteiger partial charge >= 0.3 is 0 Å². The number of hydrogen-bond donors (Lipinski definition) is 7. The molecule has 1 aromatic heterocycles. The fourth-order valence-corrected chi connectivity index (χ4v) is 5.04. The summed E-state index contributed by atoms with van der Waals surface area (Å²) in [7, 11) is 0. The van der Waals surface area contributed by atoms with Crippen molar-refractivity contribution in [3.63, 3.8) is 0 Å². The summed E-state index contributed by atoms with van der Waals surface area (Å²) < 4.78 is 0. The average molecular weight is 584 g/mol. The Morgan fingerprint density at radius 1 is 0.929 bits per heavy atom. The Kier molecular flexibility index (Phi) is 14.0. The molecule has 0 unspecified atom stereocenters. The van der Waals surface area contributed by atoms with Crippen molar-refractivity contribution < 1.29 is 24.3 Å². The minimum Gasteiger partial charge on any atom is -0.394 e. The van der Waals surface area contributed by atoms with Crippen LogP contribution in [0, 0.1) is 0 Å². The first-order valence-electron chi connectivity index (χ1n) is 14.9. The van der Waals surface area contributed by atoms with Crippen molar-refractivity contribution in [1.82, 2.24) is 31.2 Å². The lowest BCUT2D eigenvalue weighted by atomic mass is 9.95. The number of rotatable bonds is 17. The highest BCUT2D eigenvalue weighted by atomic mass is 16.3. The molecule has 0 spiro atoms. The second kappa shape index (κ2) is 17.9. The van der Waals surface area contributed by atoms with Gasteiger partial charge in [0.25, 0.3) is 0 Å². The van der Waals surface area contributed by atoms with E-state index in [1.807, 2.05) is 30.3 Å². The first-order chi connectivity index (χ1) is 20.4. The summed E-state index contributed by atoms with van der Waals surface area (Å²) >= 11 is 0. The fraction of sp³-hybridized carbons (Fsp3) is 0.567. The van der Waals surface area contributed by atoms with Crippen molar-refractivity contribution in [2.75, 3.05) is 13.2 Å². The van der Waals surface area contributed by atoms with Gasteiger partial charge in [-0.15, -0.1) is 0 Å². The van der Waals surface area contributed by atoms with E-state index in [1.54, 1.807) is 0 Å². The highest BCUT2D eigenvalue weighted by Crippen LogP contribution is 2.17. The van der Waals surface area contributed by atoms with E-state index < -0.39 is 42.5 Å². The topological polar surface area (TPSA) is 191 Å². The minimum atomic E-state index is -1.17. The smallest absolute Gasteiger partial charge is 0.245 e. The lowest BCUT2D eigenvalue weighted by Crippen LogP contribution is -2.58. The second-order valence-corrected chi connectivity index (χ2v) is 10.8. The number of carbonyl (C=O) groups excluding carboxylic acids is 4. The predicted octanol–water partition coefficient (Wildman–Crippen LogP) is 0.610. The van der Waals surface area contributed by atoms with Crippen LogP contribution in [-0.4, -0.2) is 76.0 Å². The molecule has 0 bridgehead atoms. The Bertz CT molecular complexity index is 1110. The van der Waals surface area contributed by atoms with Gasteiger partial charge in [0.2, 0.25) is 23.6 Å². The van der Waals surface area contributed by atoms with Crippen molar-refractivity contribution in [2.45, 2.75) is 94.8 Å². The van der Waals surface area contributed by atoms with Gasteiger partial charge in [-0.1, -0.05) is 49.6 Å². The zero-order valence-electron chi connectivity index (χ0n) is 24.1. The third-order valence-corrected chi connectivity index (χ3v) is 7.46. The number of nitrogens with one attached hydrogen (secondary N) is 5. The van der Waals surface area contributed by atoms with Crippen LogP contribution in [0.1, 0.15) is 69.0 Å². The number of carbonyl (C=O) groups is 4. The molecule has 1 fully saturated rings. The summed E-state index contributed by atoms with van der Waals surface area (Å²) in [4.78, 5) is 59.3. The van der Waals surface area contributed by atoms with E-state index in [0.29, 0.717) is 37.9 Å². The summed E-state index contributed by atoms with van der Waals surface area (Å²) in [6.45, 7) is -0.138. The molecular formula is C30H45N7O5. The van der Waals surface area contributed by atoms with E-state index >= 15 is 0 Å². The van der Waals surface area contributed by atoms with Crippen LogP contribution in [0.3, 0.4) is 0 Å². The van der Waals surface area contributed by atoms with Gasteiger partial charge in [-0.05, 0) is 50.6 Å². The number of unbranched alkanes of at least 4 members (excludes halogenated alkanes) is 1. The normalized spacial score (nSPS) is 15.7. The van der Waals surface area contributed by atoms with E-state index in [-0.39, 0.29) is 24.8 Å². The zero-order valence-corrected chi connectivity index (χ0v) is 24.1. The van der Waals surface area contributed by atoms with Crippen LogP contribution in [0.2, 0.25) is 0 Å². The van der Waals surface area contributed by atoms with Crippen molar-refractivity contribution in [3.8, 4) is 0 Å². The Morgan fingerprint density at radius 3 is 2.31 bits per heavy atom. The molecule has 230 valence electrons. The van der Waals surface area contributed by atoms with Crippen molar-refractivity contribution in [3.05, 3.63) is 54.1 Å². The number of nitrogens with zero attached hydrogens (tertiary/aromatic N) is 1. The maximum absolute atomic E-state index is 13.5. The number of hydrogen-bond acceptors (Lipinski definition) is 7. The molecule has 4 amide bonds. The standard InChI is InChI=1S/C30H45N7O5/c31-16-8-7-13-24(35-27(39)15-14-21-9-3-1-4-10-21)28(40)36-25(17-23-18-32-20-33-23)29(41)37-26(19-38)30(42)34-22-11-5-2-6-12-22/h1,3-4,9-10,18,20,22,24-26,38H,2,5-8,11-17,19,31H2,(H,32,33)(H,34,42)(H,35,39)(H,36,40)(H,37,41)/t24-,25-,26-/m0/s1. The van der Waals surface area contributed by atoms with Crippen LogP contribution in [0.25, 0.3) is 0 Å². The van der Waals surface area contributed by atoms with Gasteiger partial charge in [-0.3, -0.25) is 19.2 Å². The summed E-state index contributed by atoms with van der Waals surface area (Å²) in [5.41, 5.74) is 7.24. The number of aliphatic hydroxyl groups is 1. The van der Waals surface area contributed by atoms with Crippen LogP contribution >= 0.6 is 0 Å². The molecule has 1 aliphatic carbocycles. The molecule has 0 aliphatic heterocycles. The zero-order chi connectivity index (χ0) is 30.2. The molecule has 1 heterocycles. The first-order valence-corrected chi connectivity index (χ1v) is 14.9. The Balaban J connectivity index is 1.66. The Morgan fingerprint density at radius 2 is 1.64 bits per heavy atom. The Hall–Kier alpha value is -3.77. The predicted molar refractivity (Wildman–Crippen MR) is 158 cm³/mol. The van der Waals surface area contributed by atoms with Gasteiger partial charge in [0.05, 0.1) is 12.9 Å². The van der Waals surface area contributed by atoms with Gasteiger partial charge in [0.1, 0.15) is 18.1 Å². The van der Waals surface area contributed by atoms with E-state index in [0.717, 1.165) is 37.7 Å². The van der Waals surface area contributed by atoms with Gasteiger partial charge in [0.15, 0.2) is 0 Å². The molecule has 0 radical (unpaired) electrons. The van der Waals surface area contributed by atoms with Crippen LogP contribution in [0.15, 0.2) is 42.9 Å². The fourth-order valence-electron chi connectivity index (χ4n) is 5.04. The maximum Gasteiger partial charge on any atom is 0.245 e. The largest absolute Gasteiger partial charge is 0.394 e. The average Bonchev–Trinajstić information content (AvgIpc) is 3.52. The van der Waals surface area contributed by atoms with Gasteiger partial charge < -0.3 is 37.1 Å². The number of aliphatic hydroxyl groups excluding tert-OH is 1. The monoisotopic (exact) mass is 583 g/mol. The van der Waals surface area contributed by atoms with Crippen LogP contribution in [0.5, 0.6) is 0 Å². The molecule has 12 nitrogen and oxygen atoms in total. The van der Waals surface area contributed by atoms with Crippen molar-refractivity contribution in [2.24, 2.45) is 5.73 Å². The molecule has 1 aromatic carbocycles. The summed E-state index contributed by atoms with van der Waals surface area (Å²) in [6, 6.07) is 6.47. The lowest BCUT2D eigenvalue weighted by Gasteiger charge is -2.27.